The van der Waals surface area contributed by atoms with Crippen LogP contribution in [0.1, 0.15) is 29.3 Å². The van der Waals surface area contributed by atoms with Gasteiger partial charge in [-0.3, -0.25) is 18.7 Å². The molecule has 3 rings (SSSR count). The average Bonchev–Trinajstić information content (AvgIpc) is 3.00. The number of fused-ring (bicyclic) bond motifs is 1. The van der Waals surface area contributed by atoms with Crippen molar-refractivity contribution in [3.05, 3.63) is 55.9 Å². The summed E-state index contributed by atoms with van der Waals surface area (Å²) in [6, 6.07) is 5.19. The number of hydrogen-bond donors (Lipinski definition) is 1. The van der Waals surface area contributed by atoms with Crippen LogP contribution >= 0.6 is 0 Å². The van der Waals surface area contributed by atoms with E-state index in [0.29, 0.717) is 30.0 Å². The summed E-state index contributed by atoms with van der Waals surface area (Å²) in [5, 5.41) is 2.95. The Bertz CT molecular complexity index is 1060. The maximum atomic E-state index is 12.8. The highest BCUT2D eigenvalue weighted by atomic mass is 16.5. The zero-order valence-corrected chi connectivity index (χ0v) is 15.7. The minimum atomic E-state index is -0.607. The monoisotopic (exact) mass is 371 g/mol. The molecule has 8 nitrogen and oxygen atoms in total. The van der Waals surface area contributed by atoms with Crippen LogP contribution in [0.5, 0.6) is 11.5 Å². The van der Waals surface area contributed by atoms with E-state index in [0.717, 1.165) is 4.57 Å². The summed E-state index contributed by atoms with van der Waals surface area (Å²) >= 11 is 0. The van der Waals surface area contributed by atoms with Gasteiger partial charge < -0.3 is 14.8 Å². The fourth-order valence-corrected chi connectivity index (χ4v) is 3.05. The Hall–Kier alpha value is -3.29. The first kappa shape index (κ1) is 18.5. The first-order valence-electron chi connectivity index (χ1n) is 8.52. The van der Waals surface area contributed by atoms with Crippen LogP contribution in [0.15, 0.2) is 33.5 Å². The van der Waals surface area contributed by atoms with Crippen molar-refractivity contribution in [3.63, 3.8) is 0 Å². The lowest BCUT2D eigenvalue weighted by atomic mass is 10.1. The van der Waals surface area contributed by atoms with Crippen LogP contribution in [0.2, 0.25) is 0 Å². The highest BCUT2D eigenvalue weighted by molar-refractivity contribution is 6.19. The van der Waals surface area contributed by atoms with E-state index >= 15 is 0 Å². The van der Waals surface area contributed by atoms with Gasteiger partial charge in [-0.05, 0) is 24.6 Å². The Balaban J connectivity index is 2.14. The van der Waals surface area contributed by atoms with Crippen LogP contribution in [-0.2, 0) is 13.6 Å². The molecule has 2 aromatic rings. The first-order chi connectivity index (χ1) is 12.9. The number of ketones is 1. The van der Waals surface area contributed by atoms with Crippen molar-refractivity contribution in [2.75, 3.05) is 19.5 Å². The minimum absolute atomic E-state index is 0.0238. The standard InChI is InChI=1S/C19H21N3O5/c1-5-8-22-17-15(18(24)21(2)19(22)25)16(23)13(20-17)9-11-6-7-12(26-3)10-14(11)27-4/h6-7,9-10,20H,5,8H2,1-4H3/b13-9-. The number of allylic oxidation sites excluding steroid dienone is 1. The average molecular weight is 371 g/mol. The number of rotatable bonds is 5. The maximum Gasteiger partial charge on any atom is 0.332 e. The predicted molar refractivity (Wildman–Crippen MR) is 102 cm³/mol. The van der Waals surface area contributed by atoms with Gasteiger partial charge in [-0.2, -0.15) is 0 Å². The van der Waals surface area contributed by atoms with Gasteiger partial charge in [-0.1, -0.05) is 6.92 Å². The fraction of sp³-hybridized carbons (Fsp3) is 0.316. The Morgan fingerprint density at radius 1 is 1.15 bits per heavy atom. The second-order valence-electron chi connectivity index (χ2n) is 6.14. The number of hydrogen-bond acceptors (Lipinski definition) is 6. The van der Waals surface area contributed by atoms with Crippen molar-refractivity contribution in [3.8, 4) is 11.5 Å². The molecule has 1 aromatic carbocycles. The molecule has 2 heterocycles. The molecule has 0 radical (unpaired) electrons. The molecule has 1 N–H and O–H groups in total. The third-order valence-corrected chi connectivity index (χ3v) is 4.46. The van der Waals surface area contributed by atoms with Gasteiger partial charge >= 0.3 is 5.69 Å². The van der Waals surface area contributed by atoms with Crippen molar-refractivity contribution in [2.45, 2.75) is 19.9 Å². The molecule has 0 atom stereocenters. The molecular weight excluding hydrogens is 350 g/mol. The van der Waals surface area contributed by atoms with Gasteiger partial charge in [0.2, 0.25) is 5.78 Å². The zero-order chi connectivity index (χ0) is 19.7. The van der Waals surface area contributed by atoms with Crippen LogP contribution < -0.4 is 26.0 Å². The molecule has 0 saturated carbocycles. The predicted octanol–water partition coefficient (Wildman–Crippen LogP) is 1.62. The quantitative estimate of drug-likeness (QED) is 0.803. The summed E-state index contributed by atoms with van der Waals surface area (Å²) in [5.41, 5.74) is -0.234. The van der Waals surface area contributed by atoms with E-state index in [-0.39, 0.29) is 17.1 Å². The van der Waals surface area contributed by atoms with Gasteiger partial charge in [0, 0.05) is 25.2 Å². The van der Waals surface area contributed by atoms with E-state index in [1.807, 2.05) is 6.92 Å². The Kier molecular flexibility index (Phi) is 4.89. The van der Waals surface area contributed by atoms with Gasteiger partial charge in [0.1, 0.15) is 22.9 Å². The van der Waals surface area contributed by atoms with Gasteiger partial charge in [-0.15, -0.1) is 0 Å². The number of anilines is 1. The lowest BCUT2D eigenvalue weighted by molar-refractivity contribution is 0.104. The van der Waals surface area contributed by atoms with E-state index in [9.17, 15) is 14.4 Å². The van der Waals surface area contributed by atoms with E-state index in [1.54, 1.807) is 31.4 Å². The van der Waals surface area contributed by atoms with E-state index in [1.165, 1.54) is 18.7 Å². The third-order valence-electron chi connectivity index (χ3n) is 4.46. The van der Waals surface area contributed by atoms with E-state index in [2.05, 4.69) is 5.32 Å². The number of aromatic nitrogens is 2. The molecule has 0 bridgehead atoms. The number of nitrogens with one attached hydrogen (secondary N) is 1. The third kappa shape index (κ3) is 3.03. The number of methoxy groups -OCH3 is 2. The molecule has 27 heavy (non-hydrogen) atoms. The van der Waals surface area contributed by atoms with Gasteiger partial charge in [0.25, 0.3) is 5.56 Å². The molecule has 0 spiro atoms. The van der Waals surface area contributed by atoms with Gasteiger partial charge in [0.05, 0.1) is 19.9 Å². The summed E-state index contributed by atoms with van der Waals surface area (Å²) in [7, 11) is 4.44. The van der Waals surface area contributed by atoms with E-state index < -0.39 is 17.0 Å². The number of Topliss-reactive ketones (excluding diaryl/α,β-unsaturated/α-hetero) is 1. The summed E-state index contributed by atoms with van der Waals surface area (Å²) < 4.78 is 12.9. The molecule has 0 amide bonds. The van der Waals surface area contributed by atoms with Crippen LogP contribution in [0.4, 0.5) is 5.82 Å². The molecule has 142 valence electrons. The maximum absolute atomic E-state index is 12.8. The number of benzene rings is 1. The topological polar surface area (TPSA) is 91.6 Å². The summed E-state index contributed by atoms with van der Waals surface area (Å²) in [6.07, 6.45) is 2.28. The minimum Gasteiger partial charge on any atom is -0.497 e. The molecule has 0 unspecified atom stereocenters. The van der Waals surface area contributed by atoms with Crippen molar-refractivity contribution in [2.24, 2.45) is 7.05 Å². The number of nitrogens with zero attached hydrogens (tertiary/aromatic N) is 2. The summed E-state index contributed by atoms with van der Waals surface area (Å²) in [5.74, 6) is 0.932. The highest BCUT2D eigenvalue weighted by Crippen LogP contribution is 2.30. The van der Waals surface area contributed by atoms with Gasteiger partial charge in [-0.25, -0.2) is 4.79 Å². The van der Waals surface area contributed by atoms with Crippen LogP contribution in [-0.4, -0.2) is 29.1 Å². The van der Waals surface area contributed by atoms with Crippen LogP contribution in [0.25, 0.3) is 6.08 Å². The first-order valence-corrected chi connectivity index (χ1v) is 8.52. The summed E-state index contributed by atoms with van der Waals surface area (Å²) in [4.78, 5) is 37.7. The van der Waals surface area contributed by atoms with Crippen LogP contribution in [0.3, 0.4) is 0 Å². The molecular formula is C19H21N3O5. The Labute approximate surface area is 155 Å². The largest absolute Gasteiger partial charge is 0.497 e. The van der Waals surface area contributed by atoms with Crippen molar-refractivity contribution >= 4 is 17.7 Å². The Morgan fingerprint density at radius 2 is 1.89 bits per heavy atom. The normalized spacial score (nSPS) is 14.2. The van der Waals surface area contributed by atoms with Crippen molar-refractivity contribution in [1.29, 1.82) is 0 Å². The number of carbonyl (C=O) groups is 1. The molecule has 0 saturated heterocycles. The summed E-state index contributed by atoms with van der Waals surface area (Å²) in [6.45, 7) is 2.31. The molecule has 0 fully saturated rings. The lowest BCUT2D eigenvalue weighted by Crippen LogP contribution is -2.40. The highest BCUT2D eigenvalue weighted by Gasteiger charge is 2.32. The molecule has 1 aliphatic heterocycles. The zero-order valence-electron chi connectivity index (χ0n) is 15.7. The Morgan fingerprint density at radius 3 is 2.52 bits per heavy atom. The SMILES string of the molecule is CCCn1c2c(c(=O)n(C)c1=O)C(=O)/C(=C/c1ccc(OC)cc1OC)N2. The number of carbonyl (C=O) groups excluding carboxylic acids is 1. The molecule has 0 aliphatic carbocycles. The fourth-order valence-electron chi connectivity index (χ4n) is 3.05. The smallest absolute Gasteiger partial charge is 0.332 e. The lowest BCUT2D eigenvalue weighted by Gasteiger charge is -2.11. The van der Waals surface area contributed by atoms with E-state index in [4.69, 9.17) is 9.47 Å². The molecule has 1 aromatic heterocycles. The van der Waals surface area contributed by atoms with Crippen molar-refractivity contribution < 1.29 is 14.3 Å². The number of ether oxygens (including phenoxy) is 2. The molecule has 8 heteroatoms. The van der Waals surface area contributed by atoms with Crippen molar-refractivity contribution in [1.82, 2.24) is 9.13 Å². The second-order valence-corrected chi connectivity index (χ2v) is 6.14. The molecule has 1 aliphatic rings. The second kappa shape index (κ2) is 7.14. The van der Waals surface area contributed by atoms with Gasteiger partial charge in [0.15, 0.2) is 0 Å². The van der Waals surface area contributed by atoms with Crippen LogP contribution in [0, 0.1) is 0 Å².